The van der Waals surface area contributed by atoms with Gasteiger partial charge in [-0.15, -0.1) is 0 Å². The molecule has 0 unspecified atom stereocenters. The second-order valence-electron chi connectivity index (χ2n) is 4.33. The summed E-state index contributed by atoms with van der Waals surface area (Å²) >= 11 is 0. The van der Waals surface area contributed by atoms with E-state index in [0.29, 0.717) is 0 Å². The first kappa shape index (κ1) is 12.6. The van der Waals surface area contributed by atoms with E-state index in [4.69, 9.17) is 0 Å². The van der Waals surface area contributed by atoms with Crippen LogP contribution in [-0.2, 0) is 6.54 Å². The van der Waals surface area contributed by atoms with E-state index in [1.807, 2.05) is 38.0 Å². The zero-order valence-electron chi connectivity index (χ0n) is 10.9. The molecule has 0 bridgehead atoms. The minimum Gasteiger partial charge on any atom is -0.349 e. The van der Waals surface area contributed by atoms with Crippen LogP contribution in [0.1, 0.15) is 11.1 Å². The van der Waals surface area contributed by atoms with Crippen molar-refractivity contribution < 1.29 is 0 Å². The Kier molecular flexibility index (Phi) is 4.35. The average Bonchev–Trinajstić information content (AvgIpc) is 2.20. The summed E-state index contributed by atoms with van der Waals surface area (Å²) in [4.78, 5) is 8.67. The molecule has 0 saturated heterocycles. The molecule has 3 heteroatoms. The molecule has 0 saturated carbocycles. The number of hydrogen-bond acceptors (Lipinski definition) is 1. The fourth-order valence-electron chi connectivity index (χ4n) is 1.63. The molecular weight excluding hydrogens is 198 g/mol. The lowest BCUT2D eigenvalue weighted by Crippen LogP contribution is -2.35. The van der Waals surface area contributed by atoms with E-state index in [1.54, 1.807) is 0 Å². The van der Waals surface area contributed by atoms with Crippen molar-refractivity contribution in [3.05, 3.63) is 35.4 Å². The summed E-state index contributed by atoms with van der Waals surface area (Å²) in [5.41, 5.74) is 2.58. The van der Waals surface area contributed by atoms with Crippen LogP contribution < -0.4 is 0 Å². The molecule has 0 amide bonds. The molecular formula is C13H21N3. The molecule has 0 atom stereocenters. The largest absolute Gasteiger partial charge is 0.349 e. The van der Waals surface area contributed by atoms with Gasteiger partial charge in [0.05, 0.1) is 6.54 Å². The zero-order valence-corrected chi connectivity index (χ0v) is 10.9. The summed E-state index contributed by atoms with van der Waals surface area (Å²) in [5, 5.41) is 0. The third-order valence-electron chi connectivity index (χ3n) is 2.45. The quantitative estimate of drug-likeness (QED) is 0.559. The second-order valence-corrected chi connectivity index (χ2v) is 4.33. The Labute approximate surface area is 98.4 Å². The molecule has 88 valence electrons. The van der Waals surface area contributed by atoms with E-state index in [9.17, 15) is 0 Å². The van der Waals surface area contributed by atoms with Crippen LogP contribution in [0.5, 0.6) is 0 Å². The first-order valence-electron chi connectivity index (χ1n) is 5.46. The van der Waals surface area contributed by atoms with Crippen molar-refractivity contribution in [1.82, 2.24) is 9.80 Å². The SMILES string of the molecule is Cc1ccccc1CN=C(N(C)C)N(C)C. The molecule has 0 aliphatic rings. The Balaban J connectivity index is 2.82. The smallest absolute Gasteiger partial charge is 0.195 e. The van der Waals surface area contributed by atoms with E-state index in [-0.39, 0.29) is 0 Å². The van der Waals surface area contributed by atoms with Crippen LogP contribution in [0.25, 0.3) is 0 Å². The van der Waals surface area contributed by atoms with Crippen LogP contribution in [-0.4, -0.2) is 44.0 Å². The van der Waals surface area contributed by atoms with Crippen molar-refractivity contribution in [3.63, 3.8) is 0 Å². The standard InChI is InChI=1S/C13H21N3/c1-11-8-6-7-9-12(11)10-14-13(15(2)3)16(4)5/h6-9H,10H2,1-5H3. The van der Waals surface area contributed by atoms with Gasteiger partial charge in [0.25, 0.3) is 0 Å². The summed E-state index contributed by atoms with van der Waals surface area (Å²) < 4.78 is 0. The van der Waals surface area contributed by atoms with Crippen LogP contribution in [0.3, 0.4) is 0 Å². The molecule has 1 rings (SSSR count). The predicted octanol–water partition coefficient (Wildman–Crippen LogP) is 1.97. The molecule has 1 aromatic carbocycles. The van der Waals surface area contributed by atoms with Gasteiger partial charge in [-0.1, -0.05) is 24.3 Å². The van der Waals surface area contributed by atoms with Gasteiger partial charge in [0.15, 0.2) is 5.96 Å². The minimum atomic E-state index is 0.734. The van der Waals surface area contributed by atoms with Crippen LogP contribution in [0.4, 0.5) is 0 Å². The molecule has 0 fully saturated rings. The number of aryl methyl sites for hydroxylation is 1. The molecule has 0 aliphatic carbocycles. The summed E-state index contributed by atoms with van der Waals surface area (Å²) in [6, 6.07) is 8.36. The molecule has 0 spiro atoms. The van der Waals surface area contributed by atoms with E-state index in [2.05, 4.69) is 36.2 Å². The highest BCUT2D eigenvalue weighted by molar-refractivity contribution is 5.79. The third kappa shape index (κ3) is 3.26. The van der Waals surface area contributed by atoms with Gasteiger partial charge in [-0.2, -0.15) is 0 Å². The first-order chi connectivity index (χ1) is 7.52. The second kappa shape index (κ2) is 5.54. The van der Waals surface area contributed by atoms with Crippen LogP contribution in [0, 0.1) is 6.92 Å². The highest BCUT2D eigenvalue weighted by Crippen LogP contribution is 2.08. The van der Waals surface area contributed by atoms with Gasteiger partial charge in [0.1, 0.15) is 0 Å². The Morgan fingerprint density at radius 1 is 1.06 bits per heavy atom. The van der Waals surface area contributed by atoms with Crippen molar-refractivity contribution in [1.29, 1.82) is 0 Å². The number of guanidine groups is 1. The fourth-order valence-corrected chi connectivity index (χ4v) is 1.63. The van der Waals surface area contributed by atoms with E-state index in [0.717, 1.165) is 12.5 Å². The van der Waals surface area contributed by atoms with E-state index >= 15 is 0 Å². The summed E-state index contributed by atoms with van der Waals surface area (Å²) in [6.07, 6.45) is 0. The van der Waals surface area contributed by atoms with Crippen molar-refractivity contribution in [2.75, 3.05) is 28.2 Å². The molecule has 0 aromatic heterocycles. The minimum absolute atomic E-state index is 0.734. The third-order valence-corrected chi connectivity index (χ3v) is 2.45. The van der Waals surface area contributed by atoms with Gasteiger partial charge >= 0.3 is 0 Å². The molecule has 0 aliphatic heterocycles. The Hall–Kier alpha value is -1.51. The van der Waals surface area contributed by atoms with Gasteiger partial charge in [-0.25, -0.2) is 4.99 Å². The fraction of sp³-hybridized carbons (Fsp3) is 0.462. The number of benzene rings is 1. The molecule has 16 heavy (non-hydrogen) atoms. The normalized spacial score (nSPS) is 9.81. The van der Waals surface area contributed by atoms with E-state index in [1.165, 1.54) is 11.1 Å². The number of hydrogen-bond donors (Lipinski definition) is 0. The van der Waals surface area contributed by atoms with Gasteiger partial charge in [0.2, 0.25) is 0 Å². The Bertz CT molecular complexity index is 357. The maximum absolute atomic E-state index is 4.62. The number of aliphatic imine (C=N–C) groups is 1. The lowest BCUT2D eigenvalue weighted by Gasteiger charge is -2.22. The van der Waals surface area contributed by atoms with Gasteiger partial charge in [0, 0.05) is 28.2 Å². The summed E-state index contributed by atoms with van der Waals surface area (Å²) in [7, 11) is 8.04. The summed E-state index contributed by atoms with van der Waals surface area (Å²) in [6.45, 7) is 2.86. The molecule has 0 N–H and O–H groups in total. The average molecular weight is 219 g/mol. The van der Waals surface area contributed by atoms with Crippen LogP contribution in [0.2, 0.25) is 0 Å². The first-order valence-corrected chi connectivity index (χ1v) is 5.46. The van der Waals surface area contributed by atoms with Crippen molar-refractivity contribution in [2.45, 2.75) is 13.5 Å². The predicted molar refractivity (Wildman–Crippen MR) is 69.7 cm³/mol. The van der Waals surface area contributed by atoms with Gasteiger partial charge < -0.3 is 9.80 Å². The topological polar surface area (TPSA) is 18.8 Å². The highest BCUT2D eigenvalue weighted by atomic mass is 15.3. The lowest BCUT2D eigenvalue weighted by atomic mass is 10.1. The monoisotopic (exact) mass is 219 g/mol. The lowest BCUT2D eigenvalue weighted by molar-refractivity contribution is 0.479. The Morgan fingerprint density at radius 2 is 1.62 bits per heavy atom. The molecule has 3 nitrogen and oxygen atoms in total. The highest BCUT2D eigenvalue weighted by Gasteiger charge is 2.04. The molecule has 0 heterocycles. The summed E-state index contributed by atoms with van der Waals surface area (Å²) in [5.74, 6) is 0.989. The molecule has 1 aromatic rings. The van der Waals surface area contributed by atoms with E-state index < -0.39 is 0 Å². The van der Waals surface area contributed by atoms with Crippen molar-refractivity contribution >= 4 is 5.96 Å². The zero-order chi connectivity index (χ0) is 12.1. The van der Waals surface area contributed by atoms with Gasteiger partial charge in [-0.3, -0.25) is 0 Å². The van der Waals surface area contributed by atoms with Gasteiger partial charge in [-0.05, 0) is 18.1 Å². The number of nitrogens with zero attached hydrogens (tertiary/aromatic N) is 3. The van der Waals surface area contributed by atoms with Crippen LogP contribution >= 0.6 is 0 Å². The van der Waals surface area contributed by atoms with Crippen molar-refractivity contribution in [3.8, 4) is 0 Å². The number of rotatable bonds is 2. The maximum atomic E-state index is 4.62. The van der Waals surface area contributed by atoms with Crippen molar-refractivity contribution in [2.24, 2.45) is 4.99 Å². The van der Waals surface area contributed by atoms with Crippen LogP contribution in [0.15, 0.2) is 29.3 Å². The maximum Gasteiger partial charge on any atom is 0.195 e. The molecule has 0 radical (unpaired) electrons. The Morgan fingerprint density at radius 3 is 2.12 bits per heavy atom.